The Hall–Kier alpha value is -1.90. The van der Waals surface area contributed by atoms with E-state index in [0.29, 0.717) is 18.7 Å². The zero-order valence-corrected chi connectivity index (χ0v) is 14.2. The van der Waals surface area contributed by atoms with Crippen molar-refractivity contribution in [3.63, 3.8) is 0 Å². The van der Waals surface area contributed by atoms with Gasteiger partial charge in [0.1, 0.15) is 0 Å². The highest BCUT2D eigenvalue weighted by Crippen LogP contribution is 2.35. The van der Waals surface area contributed by atoms with Crippen molar-refractivity contribution in [3.05, 3.63) is 35.4 Å². The number of rotatable bonds is 8. The van der Waals surface area contributed by atoms with Gasteiger partial charge in [-0.1, -0.05) is 12.1 Å². The number of methoxy groups -OCH3 is 1. The second-order valence-electron chi connectivity index (χ2n) is 6.78. The molecule has 5 nitrogen and oxygen atoms in total. The van der Waals surface area contributed by atoms with E-state index in [-0.39, 0.29) is 17.9 Å². The van der Waals surface area contributed by atoms with E-state index in [9.17, 15) is 4.79 Å². The number of hydrogen-bond donors (Lipinski definition) is 1. The van der Waals surface area contributed by atoms with Crippen molar-refractivity contribution in [1.29, 1.82) is 5.26 Å². The highest BCUT2D eigenvalue weighted by Gasteiger charge is 2.39. The van der Waals surface area contributed by atoms with E-state index in [1.807, 2.05) is 29.2 Å². The van der Waals surface area contributed by atoms with Gasteiger partial charge in [-0.3, -0.25) is 4.79 Å². The van der Waals surface area contributed by atoms with Crippen molar-refractivity contribution in [1.82, 2.24) is 10.2 Å². The Balaban J connectivity index is 1.73. The molecule has 1 heterocycles. The minimum Gasteiger partial charge on any atom is -0.383 e. The first-order valence-corrected chi connectivity index (χ1v) is 8.74. The molecule has 0 spiro atoms. The van der Waals surface area contributed by atoms with Crippen molar-refractivity contribution < 1.29 is 9.53 Å². The van der Waals surface area contributed by atoms with Crippen LogP contribution in [0.25, 0.3) is 0 Å². The van der Waals surface area contributed by atoms with Crippen LogP contribution in [0, 0.1) is 23.2 Å². The molecule has 0 radical (unpaired) electrons. The number of nitrogens with zero attached hydrogens (tertiary/aromatic N) is 2. The van der Waals surface area contributed by atoms with E-state index in [2.05, 4.69) is 11.4 Å². The van der Waals surface area contributed by atoms with E-state index in [0.717, 1.165) is 31.0 Å². The topological polar surface area (TPSA) is 65.4 Å². The first-order valence-electron chi connectivity index (χ1n) is 8.74. The quantitative estimate of drug-likeness (QED) is 0.743. The van der Waals surface area contributed by atoms with Gasteiger partial charge in [0.25, 0.3) is 0 Å². The molecular formula is C19H25N3O2. The molecule has 1 amide bonds. The molecule has 2 fully saturated rings. The molecule has 1 aromatic carbocycles. The van der Waals surface area contributed by atoms with Gasteiger partial charge >= 0.3 is 0 Å². The maximum atomic E-state index is 12.8. The van der Waals surface area contributed by atoms with Crippen LogP contribution >= 0.6 is 0 Å². The van der Waals surface area contributed by atoms with Gasteiger partial charge in [-0.2, -0.15) is 5.26 Å². The van der Waals surface area contributed by atoms with Gasteiger partial charge in [0.15, 0.2) is 0 Å². The van der Waals surface area contributed by atoms with Crippen molar-refractivity contribution >= 4 is 5.91 Å². The zero-order chi connectivity index (χ0) is 16.9. The van der Waals surface area contributed by atoms with Crippen LogP contribution < -0.4 is 5.32 Å². The Kier molecular flexibility index (Phi) is 5.49. The molecule has 2 aliphatic rings. The van der Waals surface area contributed by atoms with Gasteiger partial charge in [0.05, 0.1) is 24.2 Å². The smallest absolute Gasteiger partial charge is 0.227 e. The maximum Gasteiger partial charge on any atom is 0.227 e. The largest absolute Gasteiger partial charge is 0.383 e. The summed E-state index contributed by atoms with van der Waals surface area (Å²) in [5.41, 5.74) is 1.71. The van der Waals surface area contributed by atoms with E-state index < -0.39 is 0 Å². The highest BCUT2D eigenvalue weighted by atomic mass is 16.5. The van der Waals surface area contributed by atoms with Crippen molar-refractivity contribution in [3.8, 4) is 6.07 Å². The monoisotopic (exact) mass is 327 g/mol. The summed E-state index contributed by atoms with van der Waals surface area (Å²) in [7, 11) is 1.68. The fourth-order valence-corrected chi connectivity index (χ4v) is 3.44. The first-order chi connectivity index (χ1) is 11.7. The van der Waals surface area contributed by atoms with Crippen LogP contribution in [0.2, 0.25) is 0 Å². The molecule has 1 N–H and O–H groups in total. The van der Waals surface area contributed by atoms with Gasteiger partial charge in [-0.25, -0.2) is 0 Å². The SMILES string of the molecule is COCCN[C@H](c1ccc(C#N)cc1)[C@@H]1CCN(CC2CC2)C1=O. The fraction of sp³-hybridized carbons (Fsp3) is 0.579. The summed E-state index contributed by atoms with van der Waals surface area (Å²) in [4.78, 5) is 14.9. The van der Waals surface area contributed by atoms with Gasteiger partial charge in [-0.15, -0.1) is 0 Å². The minimum atomic E-state index is -0.0338. The Bertz CT molecular complexity index is 604. The number of carbonyl (C=O) groups excluding carboxylic acids is 1. The molecule has 0 bridgehead atoms. The minimum absolute atomic E-state index is 0.0235. The molecule has 5 heteroatoms. The number of benzene rings is 1. The van der Waals surface area contributed by atoms with Crippen molar-refractivity contribution in [2.45, 2.75) is 25.3 Å². The predicted molar refractivity (Wildman–Crippen MR) is 91.2 cm³/mol. The third-order valence-electron chi connectivity index (χ3n) is 4.99. The lowest BCUT2D eigenvalue weighted by atomic mass is 9.91. The fourth-order valence-electron chi connectivity index (χ4n) is 3.44. The van der Waals surface area contributed by atoms with Gasteiger partial charge in [0, 0.05) is 32.8 Å². The number of amides is 1. The second kappa shape index (κ2) is 7.78. The normalized spacial score (nSPS) is 21.8. The van der Waals surface area contributed by atoms with Crippen LogP contribution in [0.15, 0.2) is 24.3 Å². The van der Waals surface area contributed by atoms with Gasteiger partial charge in [0.2, 0.25) is 5.91 Å². The lowest BCUT2D eigenvalue weighted by molar-refractivity contribution is -0.132. The lowest BCUT2D eigenvalue weighted by Gasteiger charge is -2.25. The molecule has 1 aliphatic carbocycles. The number of carbonyl (C=O) groups is 1. The average Bonchev–Trinajstić information content (AvgIpc) is 3.36. The third kappa shape index (κ3) is 3.95. The summed E-state index contributed by atoms with van der Waals surface area (Å²) in [5.74, 6) is 0.956. The second-order valence-corrected chi connectivity index (χ2v) is 6.78. The zero-order valence-electron chi connectivity index (χ0n) is 14.2. The molecular weight excluding hydrogens is 302 g/mol. The Labute approximate surface area is 143 Å². The molecule has 24 heavy (non-hydrogen) atoms. The van der Waals surface area contributed by atoms with Crippen molar-refractivity contribution in [2.24, 2.45) is 11.8 Å². The standard InChI is InChI=1S/C19H25N3O2/c1-24-11-9-21-18(16-6-4-14(12-20)5-7-16)17-8-10-22(19(17)23)13-15-2-3-15/h4-7,15,17-18,21H,2-3,8-11,13H2,1H3/t17-,18+/m0/s1. The molecule has 1 saturated carbocycles. The number of likely N-dealkylation sites (tertiary alicyclic amines) is 1. The molecule has 128 valence electrons. The van der Waals surface area contributed by atoms with Gasteiger partial charge < -0.3 is 15.0 Å². The number of nitrogens with one attached hydrogen (secondary N) is 1. The molecule has 3 rings (SSSR count). The molecule has 1 aliphatic heterocycles. The molecule has 0 unspecified atom stereocenters. The van der Waals surface area contributed by atoms with Crippen LogP contribution in [0.5, 0.6) is 0 Å². The number of ether oxygens (including phenoxy) is 1. The highest BCUT2D eigenvalue weighted by molar-refractivity contribution is 5.82. The van der Waals surface area contributed by atoms with E-state index >= 15 is 0 Å². The van der Waals surface area contributed by atoms with Crippen LogP contribution in [0.4, 0.5) is 0 Å². The number of hydrogen-bond acceptors (Lipinski definition) is 4. The Morgan fingerprint density at radius 2 is 2.08 bits per heavy atom. The maximum absolute atomic E-state index is 12.8. The molecule has 1 saturated heterocycles. The number of nitriles is 1. The molecule has 1 aromatic rings. The predicted octanol–water partition coefficient (Wildman–Crippen LogP) is 2.09. The summed E-state index contributed by atoms with van der Waals surface area (Å²) in [6.45, 7) is 3.10. The first kappa shape index (κ1) is 16.9. The van der Waals surface area contributed by atoms with E-state index in [1.165, 1.54) is 12.8 Å². The molecule has 0 aromatic heterocycles. The average molecular weight is 327 g/mol. The molecule has 2 atom stereocenters. The Morgan fingerprint density at radius 3 is 2.71 bits per heavy atom. The third-order valence-corrected chi connectivity index (χ3v) is 4.99. The summed E-state index contributed by atoms with van der Waals surface area (Å²) < 4.78 is 5.14. The van der Waals surface area contributed by atoms with Crippen LogP contribution in [-0.4, -0.2) is 44.2 Å². The summed E-state index contributed by atoms with van der Waals surface area (Å²) in [5, 5.41) is 12.5. The Morgan fingerprint density at radius 1 is 1.33 bits per heavy atom. The van der Waals surface area contributed by atoms with E-state index in [1.54, 1.807) is 7.11 Å². The van der Waals surface area contributed by atoms with Crippen LogP contribution in [0.3, 0.4) is 0 Å². The van der Waals surface area contributed by atoms with Crippen LogP contribution in [-0.2, 0) is 9.53 Å². The summed E-state index contributed by atoms with van der Waals surface area (Å²) in [6.07, 6.45) is 3.41. The van der Waals surface area contributed by atoms with Crippen molar-refractivity contribution in [2.75, 3.05) is 33.4 Å². The summed E-state index contributed by atoms with van der Waals surface area (Å²) in [6, 6.07) is 9.68. The summed E-state index contributed by atoms with van der Waals surface area (Å²) >= 11 is 0. The lowest BCUT2D eigenvalue weighted by Crippen LogP contribution is -2.36. The van der Waals surface area contributed by atoms with Crippen LogP contribution in [0.1, 0.15) is 36.4 Å². The van der Waals surface area contributed by atoms with E-state index in [4.69, 9.17) is 10.00 Å². The van der Waals surface area contributed by atoms with Gasteiger partial charge in [-0.05, 0) is 42.9 Å².